The van der Waals surface area contributed by atoms with Crippen LogP contribution >= 0.6 is 0 Å². The number of aryl methyl sites for hydroxylation is 1. The van der Waals surface area contributed by atoms with Gasteiger partial charge in [-0.05, 0) is 127 Å². The van der Waals surface area contributed by atoms with Crippen LogP contribution in [0.1, 0.15) is 5.56 Å². The monoisotopic (exact) mass is 769 g/mol. The van der Waals surface area contributed by atoms with Gasteiger partial charge in [0, 0.05) is 79.3 Å². The Balaban J connectivity index is 1.10. The van der Waals surface area contributed by atoms with Crippen LogP contribution < -0.4 is 9.80 Å². The highest BCUT2D eigenvalue weighted by molar-refractivity contribution is 6.12. The molecule has 0 atom stereocenters. The van der Waals surface area contributed by atoms with E-state index in [1.165, 1.54) is 16.3 Å². The van der Waals surface area contributed by atoms with Crippen LogP contribution in [0.2, 0.25) is 0 Å². The Kier molecular flexibility index (Phi) is 8.63. The van der Waals surface area contributed by atoms with Crippen molar-refractivity contribution >= 4 is 77.7 Å². The van der Waals surface area contributed by atoms with E-state index in [0.29, 0.717) is 0 Å². The Morgan fingerprint density at radius 1 is 0.400 bits per heavy atom. The van der Waals surface area contributed by atoms with Crippen molar-refractivity contribution in [2.75, 3.05) is 9.80 Å². The summed E-state index contributed by atoms with van der Waals surface area (Å²) in [5.41, 5.74) is 15.2. The van der Waals surface area contributed by atoms with Gasteiger partial charge in [0.2, 0.25) is 0 Å². The molecule has 0 saturated heterocycles. The smallest absolute Gasteiger partial charge is 0.0964 e. The second-order valence-corrected chi connectivity index (χ2v) is 15.2. The first kappa shape index (κ1) is 35.2. The first-order chi connectivity index (χ1) is 29.7. The maximum Gasteiger partial charge on any atom is 0.0964 e. The summed E-state index contributed by atoms with van der Waals surface area (Å²) in [6.45, 7) is 2.20. The lowest BCUT2D eigenvalue weighted by molar-refractivity contribution is 1.17. The SMILES string of the molecule is Cc1cc(-n2c3ccc(N(c4ccccc4)c4ccccc4)cc3c3cc(N(c4ccccc4)c4ccccc4)ccc32)ccc1-c1cnc2c(ccc3cccnc32)c1. The second-order valence-electron chi connectivity index (χ2n) is 15.2. The molecule has 0 amide bonds. The van der Waals surface area contributed by atoms with Crippen molar-refractivity contribution in [3.8, 4) is 16.8 Å². The standard InChI is InChI=1S/C55H39N5/c1-38-33-46(26-29-49(38)41-34-40-25-24-39-15-14-32-56-54(39)55(40)57-37-41)60-52-30-27-47(58(42-16-6-2-7-17-42)43-18-8-3-9-19-43)35-50(52)51-36-48(28-31-53(51)60)59(44-20-10-4-11-21-44)45-22-12-5-13-23-45/h2-37H,1H3. The lowest BCUT2D eigenvalue weighted by atomic mass is 9.99. The summed E-state index contributed by atoms with van der Waals surface area (Å²) in [5, 5.41) is 4.51. The predicted molar refractivity (Wildman–Crippen MR) is 251 cm³/mol. The first-order valence-electron chi connectivity index (χ1n) is 20.3. The van der Waals surface area contributed by atoms with Crippen LogP contribution in [0.4, 0.5) is 34.1 Å². The zero-order chi connectivity index (χ0) is 40.0. The molecule has 0 bridgehead atoms. The summed E-state index contributed by atoms with van der Waals surface area (Å²) in [6.07, 6.45) is 3.82. The fraction of sp³-hybridized carbons (Fsp3) is 0.0182. The summed E-state index contributed by atoms with van der Waals surface area (Å²) in [5.74, 6) is 0. The number of fused-ring (bicyclic) bond motifs is 6. The normalized spacial score (nSPS) is 11.4. The molecular weight excluding hydrogens is 731 g/mol. The number of rotatable bonds is 8. The Labute approximate surface area is 348 Å². The van der Waals surface area contributed by atoms with Crippen LogP contribution in [0.5, 0.6) is 0 Å². The van der Waals surface area contributed by atoms with Gasteiger partial charge in [-0.2, -0.15) is 0 Å². The zero-order valence-electron chi connectivity index (χ0n) is 33.0. The van der Waals surface area contributed by atoms with Gasteiger partial charge in [-0.15, -0.1) is 0 Å². The van der Waals surface area contributed by atoms with E-state index < -0.39 is 0 Å². The molecule has 8 aromatic carbocycles. The van der Waals surface area contributed by atoms with Crippen LogP contribution in [0.25, 0.3) is 60.4 Å². The Bertz CT molecular complexity index is 3110. The highest BCUT2D eigenvalue weighted by Gasteiger charge is 2.20. The molecule has 5 heteroatoms. The molecule has 0 aliphatic heterocycles. The molecule has 0 aliphatic rings. The van der Waals surface area contributed by atoms with Gasteiger partial charge in [-0.1, -0.05) is 97.1 Å². The van der Waals surface area contributed by atoms with E-state index in [9.17, 15) is 0 Å². The minimum Gasteiger partial charge on any atom is -0.310 e. The van der Waals surface area contributed by atoms with Crippen molar-refractivity contribution in [1.82, 2.24) is 14.5 Å². The minimum atomic E-state index is 0.923. The van der Waals surface area contributed by atoms with Crippen molar-refractivity contribution in [3.05, 3.63) is 224 Å². The Hall–Kier alpha value is -8.02. The quantitative estimate of drug-likeness (QED) is 0.144. The van der Waals surface area contributed by atoms with E-state index in [0.717, 1.165) is 83.8 Å². The van der Waals surface area contributed by atoms with Gasteiger partial charge < -0.3 is 14.4 Å². The number of pyridine rings is 2. The second kappa shape index (κ2) is 14.7. The third-order valence-electron chi connectivity index (χ3n) is 11.5. The largest absolute Gasteiger partial charge is 0.310 e. The molecule has 0 spiro atoms. The summed E-state index contributed by atoms with van der Waals surface area (Å²) in [7, 11) is 0. The van der Waals surface area contributed by atoms with Gasteiger partial charge in [0.15, 0.2) is 0 Å². The van der Waals surface area contributed by atoms with E-state index in [1.807, 2.05) is 18.5 Å². The fourth-order valence-electron chi connectivity index (χ4n) is 8.75. The number of hydrogen-bond acceptors (Lipinski definition) is 4. The van der Waals surface area contributed by atoms with Gasteiger partial charge in [0.1, 0.15) is 0 Å². The first-order valence-corrected chi connectivity index (χ1v) is 20.3. The zero-order valence-corrected chi connectivity index (χ0v) is 33.0. The van der Waals surface area contributed by atoms with Crippen molar-refractivity contribution in [2.24, 2.45) is 0 Å². The number of para-hydroxylation sites is 4. The highest BCUT2D eigenvalue weighted by atomic mass is 15.1. The van der Waals surface area contributed by atoms with E-state index in [2.05, 4.69) is 226 Å². The van der Waals surface area contributed by atoms with Gasteiger partial charge in [0.05, 0.1) is 22.1 Å². The van der Waals surface area contributed by atoms with Crippen LogP contribution in [0, 0.1) is 6.92 Å². The molecule has 3 aromatic heterocycles. The van der Waals surface area contributed by atoms with Crippen molar-refractivity contribution in [3.63, 3.8) is 0 Å². The molecule has 0 fully saturated rings. The molecule has 0 saturated carbocycles. The number of nitrogens with zero attached hydrogens (tertiary/aromatic N) is 5. The molecule has 0 N–H and O–H groups in total. The molecule has 11 aromatic rings. The number of anilines is 6. The van der Waals surface area contributed by atoms with E-state index >= 15 is 0 Å². The summed E-state index contributed by atoms with van der Waals surface area (Å²) in [4.78, 5) is 14.2. The fourth-order valence-corrected chi connectivity index (χ4v) is 8.75. The van der Waals surface area contributed by atoms with Crippen molar-refractivity contribution < 1.29 is 0 Å². The van der Waals surface area contributed by atoms with Gasteiger partial charge in [-0.25, -0.2) is 0 Å². The number of aromatic nitrogens is 3. The average molecular weight is 770 g/mol. The third-order valence-corrected chi connectivity index (χ3v) is 11.5. The number of benzene rings is 8. The topological polar surface area (TPSA) is 37.2 Å². The Morgan fingerprint density at radius 3 is 1.42 bits per heavy atom. The minimum absolute atomic E-state index is 0.923. The molecule has 11 rings (SSSR count). The van der Waals surface area contributed by atoms with Crippen LogP contribution in [0.3, 0.4) is 0 Å². The predicted octanol–water partition coefficient (Wildman–Crippen LogP) is 14.8. The lowest BCUT2D eigenvalue weighted by Crippen LogP contribution is -2.09. The van der Waals surface area contributed by atoms with Gasteiger partial charge in [-0.3, -0.25) is 9.97 Å². The van der Waals surface area contributed by atoms with Crippen LogP contribution in [0.15, 0.2) is 219 Å². The molecule has 3 heterocycles. The van der Waals surface area contributed by atoms with Gasteiger partial charge in [0.25, 0.3) is 0 Å². The van der Waals surface area contributed by atoms with E-state index in [4.69, 9.17) is 4.98 Å². The average Bonchev–Trinajstić information content (AvgIpc) is 3.63. The lowest BCUT2D eigenvalue weighted by Gasteiger charge is -2.26. The van der Waals surface area contributed by atoms with Crippen molar-refractivity contribution in [1.29, 1.82) is 0 Å². The molecule has 60 heavy (non-hydrogen) atoms. The highest BCUT2D eigenvalue weighted by Crippen LogP contribution is 2.43. The number of hydrogen-bond donors (Lipinski definition) is 0. The molecule has 0 unspecified atom stereocenters. The molecule has 0 aliphatic carbocycles. The summed E-state index contributed by atoms with van der Waals surface area (Å²) < 4.78 is 2.41. The van der Waals surface area contributed by atoms with Gasteiger partial charge >= 0.3 is 0 Å². The van der Waals surface area contributed by atoms with Crippen LogP contribution in [-0.4, -0.2) is 14.5 Å². The summed E-state index contributed by atoms with van der Waals surface area (Å²) >= 11 is 0. The molecule has 284 valence electrons. The van der Waals surface area contributed by atoms with E-state index in [-0.39, 0.29) is 0 Å². The molecule has 0 radical (unpaired) electrons. The molecular formula is C55H39N5. The maximum absolute atomic E-state index is 4.94. The van der Waals surface area contributed by atoms with E-state index in [1.54, 1.807) is 0 Å². The third kappa shape index (κ3) is 6.12. The summed E-state index contributed by atoms with van der Waals surface area (Å²) in [6, 6.07) is 73.6. The molecule has 5 nitrogen and oxygen atoms in total. The van der Waals surface area contributed by atoms with Crippen LogP contribution in [-0.2, 0) is 0 Å². The maximum atomic E-state index is 4.94. The van der Waals surface area contributed by atoms with Crippen molar-refractivity contribution in [2.45, 2.75) is 6.92 Å². The Morgan fingerprint density at radius 2 is 0.900 bits per heavy atom.